The fourth-order valence-electron chi connectivity index (χ4n) is 1.23. The van der Waals surface area contributed by atoms with E-state index in [9.17, 15) is 4.79 Å². The fraction of sp³-hybridized carbons (Fsp3) is 0.545. The molecule has 1 amide bonds. The van der Waals surface area contributed by atoms with Crippen LogP contribution in [0.2, 0.25) is 0 Å². The highest BCUT2D eigenvalue weighted by Crippen LogP contribution is 2.07. The first-order valence-electron chi connectivity index (χ1n) is 5.38. The second kappa shape index (κ2) is 5.44. The summed E-state index contributed by atoms with van der Waals surface area (Å²) in [5.74, 6) is 0.562. The molecule has 0 aliphatic heterocycles. The minimum absolute atomic E-state index is 0.0931. The molecule has 5 nitrogen and oxygen atoms in total. The van der Waals surface area contributed by atoms with Crippen molar-refractivity contribution in [3.8, 4) is 0 Å². The van der Waals surface area contributed by atoms with Gasteiger partial charge in [0, 0.05) is 20.1 Å². The molecule has 1 aromatic rings. The van der Waals surface area contributed by atoms with Crippen LogP contribution in [0.25, 0.3) is 0 Å². The molecule has 0 saturated heterocycles. The second-order valence-electron chi connectivity index (χ2n) is 3.73. The molecule has 0 aliphatic carbocycles. The normalized spacial score (nSPS) is 12.0. The molecule has 0 bridgehead atoms. The minimum atomic E-state index is -0.0931. The van der Waals surface area contributed by atoms with Gasteiger partial charge < -0.3 is 10.2 Å². The molecule has 0 aromatic carbocycles. The monoisotopic (exact) mass is 222 g/mol. The molecule has 0 spiro atoms. The van der Waals surface area contributed by atoms with Gasteiger partial charge in [0.1, 0.15) is 5.82 Å². The third kappa shape index (κ3) is 2.68. The number of nitrogens with one attached hydrogen (secondary N) is 1. The van der Waals surface area contributed by atoms with Gasteiger partial charge in [0.15, 0.2) is 5.69 Å². The first-order chi connectivity index (χ1) is 7.60. The van der Waals surface area contributed by atoms with Crippen LogP contribution in [0, 0.1) is 0 Å². The van der Waals surface area contributed by atoms with E-state index in [1.165, 1.54) is 0 Å². The van der Waals surface area contributed by atoms with E-state index < -0.39 is 0 Å². The highest BCUT2D eigenvalue weighted by Gasteiger charge is 2.17. The Morgan fingerprint density at radius 3 is 2.62 bits per heavy atom. The summed E-state index contributed by atoms with van der Waals surface area (Å²) in [7, 11) is 3.54. The van der Waals surface area contributed by atoms with Gasteiger partial charge in [-0.1, -0.05) is 6.92 Å². The lowest BCUT2D eigenvalue weighted by Crippen LogP contribution is -2.35. The summed E-state index contributed by atoms with van der Waals surface area (Å²) >= 11 is 0. The number of hydrogen-bond donors (Lipinski definition) is 1. The molecular formula is C11H18N4O. The quantitative estimate of drug-likeness (QED) is 0.836. The van der Waals surface area contributed by atoms with Crippen molar-refractivity contribution in [1.82, 2.24) is 15.1 Å². The van der Waals surface area contributed by atoms with Crippen LogP contribution in [-0.2, 0) is 0 Å². The Kier molecular flexibility index (Phi) is 4.22. The Balaban J connectivity index is 2.80. The van der Waals surface area contributed by atoms with E-state index in [0.29, 0.717) is 11.5 Å². The summed E-state index contributed by atoms with van der Waals surface area (Å²) in [5.41, 5.74) is 0.377. The lowest BCUT2D eigenvalue weighted by atomic mass is 10.2. The molecule has 1 unspecified atom stereocenters. The topological polar surface area (TPSA) is 58.1 Å². The highest BCUT2D eigenvalue weighted by atomic mass is 16.2. The van der Waals surface area contributed by atoms with E-state index in [0.717, 1.165) is 6.42 Å². The maximum absolute atomic E-state index is 11.9. The average molecular weight is 222 g/mol. The van der Waals surface area contributed by atoms with Gasteiger partial charge in [0.25, 0.3) is 5.91 Å². The van der Waals surface area contributed by atoms with Crippen molar-refractivity contribution in [2.45, 2.75) is 26.3 Å². The number of aromatic nitrogens is 2. The smallest absolute Gasteiger partial charge is 0.274 e. The molecule has 1 rings (SSSR count). The Hall–Kier alpha value is -1.65. The summed E-state index contributed by atoms with van der Waals surface area (Å²) < 4.78 is 0. The van der Waals surface area contributed by atoms with Gasteiger partial charge in [-0.2, -0.15) is 0 Å². The zero-order chi connectivity index (χ0) is 12.1. The maximum Gasteiger partial charge on any atom is 0.274 e. The molecule has 0 radical (unpaired) electrons. The SMILES string of the molecule is CCC(C)N(C)C(=O)c1ccc(NC)nn1. The number of amides is 1. The number of nitrogens with zero attached hydrogens (tertiary/aromatic N) is 3. The number of carbonyl (C=O) groups is 1. The van der Waals surface area contributed by atoms with E-state index in [1.54, 1.807) is 31.1 Å². The van der Waals surface area contributed by atoms with E-state index in [2.05, 4.69) is 15.5 Å². The van der Waals surface area contributed by atoms with Crippen molar-refractivity contribution < 1.29 is 4.79 Å². The van der Waals surface area contributed by atoms with Crippen LogP contribution in [0.3, 0.4) is 0 Å². The van der Waals surface area contributed by atoms with Gasteiger partial charge in [-0.25, -0.2) is 0 Å². The molecule has 1 N–H and O–H groups in total. The zero-order valence-corrected chi connectivity index (χ0v) is 10.2. The van der Waals surface area contributed by atoms with Gasteiger partial charge in [0.2, 0.25) is 0 Å². The molecule has 16 heavy (non-hydrogen) atoms. The van der Waals surface area contributed by atoms with E-state index >= 15 is 0 Å². The molecular weight excluding hydrogens is 204 g/mol. The van der Waals surface area contributed by atoms with Crippen LogP contribution in [0.4, 0.5) is 5.82 Å². The summed E-state index contributed by atoms with van der Waals surface area (Å²) in [6, 6.07) is 3.63. The molecule has 1 aromatic heterocycles. The number of carbonyl (C=O) groups excluding carboxylic acids is 1. The van der Waals surface area contributed by atoms with Crippen molar-refractivity contribution in [3.05, 3.63) is 17.8 Å². The molecule has 0 saturated carbocycles. The van der Waals surface area contributed by atoms with Crippen LogP contribution in [0.15, 0.2) is 12.1 Å². The first-order valence-corrected chi connectivity index (χ1v) is 5.38. The van der Waals surface area contributed by atoms with Crippen molar-refractivity contribution in [2.24, 2.45) is 0 Å². The van der Waals surface area contributed by atoms with Crippen LogP contribution in [-0.4, -0.2) is 41.1 Å². The fourth-order valence-corrected chi connectivity index (χ4v) is 1.23. The number of rotatable bonds is 4. The Labute approximate surface area is 95.9 Å². The van der Waals surface area contributed by atoms with Crippen LogP contribution in [0.1, 0.15) is 30.8 Å². The van der Waals surface area contributed by atoms with Crippen molar-refractivity contribution >= 4 is 11.7 Å². The second-order valence-corrected chi connectivity index (χ2v) is 3.73. The number of hydrogen-bond acceptors (Lipinski definition) is 4. The number of anilines is 1. The van der Waals surface area contributed by atoms with Crippen molar-refractivity contribution in [3.63, 3.8) is 0 Å². The van der Waals surface area contributed by atoms with Crippen molar-refractivity contribution in [1.29, 1.82) is 0 Å². The zero-order valence-electron chi connectivity index (χ0n) is 10.2. The van der Waals surface area contributed by atoms with Gasteiger partial charge in [0.05, 0.1) is 0 Å². The Morgan fingerprint density at radius 2 is 2.19 bits per heavy atom. The van der Waals surface area contributed by atoms with E-state index in [-0.39, 0.29) is 11.9 Å². The highest BCUT2D eigenvalue weighted by molar-refractivity contribution is 5.92. The summed E-state index contributed by atoms with van der Waals surface area (Å²) in [6.45, 7) is 4.05. The van der Waals surface area contributed by atoms with Gasteiger partial charge in [-0.3, -0.25) is 4.79 Å². The lowest BCUT2D eigenvalue weighted by Gasteiger charge is -2.23. The first kappa shape index (κ1) is 12.4. The minimum Gasteiger partial charge on any atom is -0.372 e. The summed E-state index contributed by atoms with van der Waals surface area (Å²) in [4.78, 5) is 13.6. The predicted molar refractivity (Wildman–Crippen MR) is 63.4 cm³/mol. The molecule has 0 fully saturated rings. The van der Waals surface area contributed by atoms with Gasteiger partial charge >= 0.3 is 0 Å². The summed E-state index contributed by atoms with van der Waals surface area (Å²) in [6.07, 6.45) is 0.921. The van der Waals surface area contributed by atoms with E-state index in [4.69, 9.17) is 0 Å². The van der Waals surface area contributed by atoms with Gasteiger partial charge in [-0.15, -0.1) is 10.2 Å². The third-order valence-corrected chi connectivity index (χ3v) is 2.71. The largest absolute Gasteiger partial charge is 0.372 e. The molecule has 1 heterocycles. The van der Waals surface area contributed by atoms with E-state index in [1.807, 2.05) is 13.8 Å². The lowest BCUT2D eigenvalue weighted by molar-refractivity contribution is 0.0733. The Morgan fingerprint density at radius 1 is 1.50 bits per heavy atom. The molecule has 1 atom stereocenters. The standard InChI is InChI=1S/C11H18N4O/c1-5-8(2)15(4)11(16)9-6-7-10(12-3)14-13-9/h6-8H,5H2,1-4H3,(H,12,14). The molecule has 88 valence electrons. The average Bonchev–Trinajstić information content (AvgIpc) is 2.36. The van der Waals surface area contributed by atoms with Crippen LogP contribution in [0.5, 0.6) is 0 Å². The Bertz CT molecular complexity index is 350. The van der Waals surface area contributed by atoms with Crippen LogP contribution < -0.4 is 5.32 Å². The molecule has 0 aliphatic rings. The third-order valence-electron chi connectivity index (χ3n) is 2.71. The van der Waals surface area contributed by atoms with Crippen LogP contribution >= 0.6 is 0 Å². The summed E-state index contributed by atoms with van der Waals surface area (Å²) in [5, 5.41) is 10.6. The molecule has 5 heteroatoms. The predicted octanol–water partition coefficient (Wildman–Crippen LogP) is 1.39. The van der Waals surface area contributed by atoms with Gasteiger partial charge in [-0.05, 0) is 25.5 Å². The van der Waals surface area contributed by atoms with Crippen molar-refractivity contribution in [2.75, 3.05) is 19.4 Å². The maximum atomic E-state index is 11.9.